The van der Waals surface area contributed by atoms with Gasteiger partial charge in [-0.3, -0.25) is 9.59 Å². The second-order valence-electron chi connectivity index (χ2n) is 5.68. The number of methoxy groups -OCH3 is 1. The molecule has 134 valence electrons. The van der Waals surface area contributed by atoms with E-state index in [1.165, 1.54) is 11.3 Å². The molecule has 0 radical (unpaired) electrons. The van der Waals surface area contributed by atoms with E-state index in [1.807, 2.05) is 36.4 Å². The molecule has 0 bridgehead atoms. The maximum absolute atomic E-state index is 12.3. The highest BCUT2D eigenvalue weighted by molar-refractivity contribution is 7.22. The molecule has 1 aromatic heterocycles. The van der Waals surface area contributed by atoms with Crippen LogP contribution in [0.3, 0.4) is 0 Å². The van der Waals surface area contributed by atoms with E-state index >= 15 is 0 Å². The van der Waals surface area contributed by atoms with E-state index in [0.29, 0.717) is 17.2 Å². The minimum absolute atomic E-state index is 0.0733. The first-order valence-electron chi connectivity index (χ1n) is 8.20. The summed E-state index contributed by atoms with van der Waals surface area (Å²) in [7, 11) is 1.60. The monoisotopic (exact) mass is 369 g/mol. The first kappa shape index (κ1) is 17.9. The Morgan fingerprint density at radius 1 is 1.12 bits per heavy atom. The Morgan fingerprint density at radius 2 is 1.96 bits per heavy atom. The number of carbonyl (C=O) groups is 2. The zero-order valence-corrected chi connectivity index (χ0v) is 15.4. The molecule has 0 saturated carbocycles. The third kappa shape index (κ3) is 4.37. The van der Waals surface area contributed by atoms with Crippen LogP contribution in [0.25, 0.3) is 10.2 Å². The molecule has 7 heteroatoms. The normalized spacial score (nSPS) is 10.5. The molecule has 0 aliphatic carbocycles. The Morgan fingerprint density at radius 3 is 2.73 bits per heavy atom. The zero-order valence-electron chi connectivity index (χ0n) is 14.5. The fourth-order valence-electron chi connectivity index (χ4n) is 2.44. The van der Waals surface area contributed by atoms with E-state index in [-0.39, 0.29) is 18.2 Å². The molecule has 0 spiro atoms. The highest BCUT2D eigenvalue weighted by atomic mass is 32.1. The first-order valence-corrected chi connectivity index (χ1v) is 9.02. The molecule has 0 aliphatic rings. The van der Waals surface area contributed by atoms with Gasteiger partial charge in [-0.05, 0) is 35.9 Å². The first-order chi connectivity index (χ1) is 12.6. The number of aromatic nitrogens is 1. The van der Waals surface area contributed by atoms with Gasteiger partial charge in [-0.2, -0.15) is 0 Å². The summed E-state index contributed by atoms with van der Waals surface area (Å²) in [5.74, 6) is 0.542. The van der Waals surface area contributed by atoms with E-state index in [1.54, 1.807) is 20.1 Å². The van der Waals surface area contributed by atoms with Crippen molar-refractivity contribution in [3.05, 3.63) is 48.0 Å². The number of nitrogens with one attached hydrogen (secondary N) is 2. The number of hydrogen-bond acceptors (Lipinski definition) is 5. The van der Waals surface area contributed by atoms with Crippen molar-refractivity contribution in [3.63, 3.8) is 0 Å². The van der Waals surface area contributed by atoms with Gasteiger partial charge < -0.3 is 15.4 Å². The highest BCUT2D eigenvalue weighted by Gasteiger charge is 2.09. The van der Waals surface area contributed by atoms with E-state index in [2.05, 4.69) is 15.6 Å². The van der Waals surface area contributed by atoms with Gasteiger partial charge in [0.15, 0.2) is 5.13 Å². The number of hydrogen-bond donors (Lipinski definition) is 2. The Hall–Kier alpha value is -2.93. The summed E-state index contributed by atoms with van der Waals surface area (Å²) >= 11 is 1.38. The quantitative estimate of drug-likeness (QED) is 0.692. The average molecular weight is 369 g/mol. The number of amides is 2. The van der Waals surface area contributed by atoms with Crippen molar-refractivity contribution in [3.8, 4) is 5.75 Å². The molecular weight excluding hydrogens is 350 g/mol. The van der Waals surface area contributed by atoms with Crippen LogP contribution >= 0.6 is 11.3 Å². The van der Waals surface area contributed by atoms with Crippen molar-refractivity contribution in [2.75, 3.05) is 17.7 Å². The Bertz CT molecular complexity index is 952. The predicted molar refractivity (Wildman–Crippen MR) is 104 cm³/mol. The molecule has 1 heterocycles. The summed E-state index contributed by atoms with van der Waals surface area (Å²) in [6.07, 6.45) is 0.664. The molecular formula is C19H19N3O3S. The van der Waals surface area contributed by atoms with Crippen LogP contribution in [0.15, 0.2) is 42.5 Å². The van der Waals surface area contributed by atoms with Gasteiger partial charge in [-0.25, -0.2) is 4.98 Å². The maximum atomic E-state index is 12.3. The highest BCUT2D eigenvalue weighted by Crippen LogP contribution is 2.28. The zero-order chi connectivity index (χ0) is 18.5. The third-order valence-electron chi connectivity index (χ3n) is 3.74. The fourth-order valence-corrected chi connectivity index (χ4v) is 3.36. The van der Waals surface area contributed by atoms with E-state index < -0.39 is 0 Å². The molecule has 2 amide bonds. The Kier molecular flexibility index (Phi) is 5.48. The topological polar surface area (TPSA) is 80.3 Å². The van der Waals surface area contributed by atoms with Gasteiger partial charge >= 0.3 is 0 Å². The molecule has 3 aromatic rings. The van der Waals surface area contributed by atoms with E-state index in [0.717, 1.165) is 21.5 Å². The lowest BCUT2D eigenvalue weighted by Crippen LogP contribution is -2.14. The number of nitrogens with zero attached hydrogens (tertiary/aromatic N) is 1. The van der Waals surface area contributed by atoms with Gasteiger partial charge in [0.2, 0.25) is 11.8 Å². The van der Waals surface area contributed by atoms with E-state index in [4.69, 9.17) is 4.74 Å². The van der Waals surface area contributed by atoms with Crippen LogP contribution in [0.4, 0.5) is 10.8 Å². The third-order valence-corrected chi connectivity index (χ3v) is 4.67. The van der Waals surface area contributed by atoms with Crippen LogP contribution in [-0.4, -0.2) is 23.9 Å². The lowest BCUT2D eigenvalue weighted by Gasteiger charge is -2.06. The number of carbonyl (C=O) groups excluding carboxylic acids is 2. The standard InChI is InChI=1S/C19H19N3O3S/c1-3-17(23)22-19-21-15-8-7-13(11-16(15)26-19)20-18(24)10-12-5-4-6-14(9-12)25-2/h4-9,11H,3,10H2,1-2H3,(H,20,24)(H,21,22,23). The summed E-state index contributed by atoms with van der Waals surface area (Å²) in [6, 6.07) is 12.9. The van der Waals surface area contributed by atoms with Crippen molar-refractivity contribution in [2.24, 2.45) is 0 Å². The van der Waals surface area contributed by atoms with Gasteiger partial charge in [0, 0.05) is 12.1 Å². The molecule has 6 nitrogen and oxygen atoms in total. The molecule has 0 aliphatic heterocycles. The minimum Gasteiger partial charge on any atom is -0.497 e. The molecule has 26 heavy (non-hydrogen) atoms. The smallest absolute Gasteiger partial charge is 0.228 e. The molecule has 0 saturated heterocycles. The SMILES string of the molecule is CCC(=O)Nc1nc2ccc(NC(=O)Cc3cccc(OC)c3)cc2s1. The second-order valence-corrected chi connectivity index (χ2v) is 6.71. The lowest BCUT2D eigenvalue weighted by molar-refractivity contribution is -0.116. The molecule has 0 atom stereocenters. The molecule has 3 rings (SSSR count). The van der Waals surface area contributed by atoms with Crippen molar-refractivity contribution in [1.82, 2.24) is 4.98 Å². The molecule has 2 N–H and O–H groups in total. The number of ether oxygens (including phenoxy) is 1. The Balaban J connectivity index is 1.69. The predicted octanol–water partition coefficient (Wildman–Crippen LogP) is 3.83. The second kappa shape index (κ2) is 7.97. The largest absolute Gasteiger partial charge is 0.497 e. The summed E-state index contributed by atoms with van der Waals surface area (Å²) in [6.45, 7) is 1.79. The lowest BCUT2D eigenvalue weighted by atomic mass is 10.1. The molecule has 0 fully saturated rings. The number of anilines is 2. The summed E-state index contributed by atoms with van der Waals surface area (Å²) in [5.41, 5.74) is 2.36. The van der Waals surface area contributed by atoms with Gasteiger partial charge in [0.1, 0.15) is 5.75 Å². The minimum atomic E-state index is -0.110. The van der Waals surface area contributed by atoms with Crippen molar-refractivity contribution in [2.45, 2.75) is 19.8 Å². The van der Waals surface area contributed by atoms with Crippen LogP contribution in [0.2, 0.25) is 0 Å². The fraction of sp³-hybridized carbons (Fsp3) is 0.211. The number of thiazole rings is 1. The van der Waals surface area contributed by atoms with Crippen molar-refractivity contribution >= 4 is 44.2 Å². The summed E-state index contributed by atoms with van der Waals surface area (Å²) < 4.78 is 6.07. The number of fused-ring (bicyclic) bond motifs is 1. The summed E-state index contributed by atoms with van der Waals surface area (Å²) in [5, 5.41) is 6.21. The van der Waals surface area contributed by atoms with Crippen molar-refractivity contribution < 1.29 is 14.3 Å². The Labute approximate surface area is 155 Å². The van der Waals surface area contributed by atoms with Gasteiger partial charge in [0.05, 0.1) is 23.7 Å². The maximum Gasteiger partial charge on any atom is 0.228 e. The van der Waals surface area contributed by atoms with Gasteiger partial charge in [-0.15, -0.1) is 0 Å². The van der Waals surface area contributed by atoms with Crippen LogP contribution in [0.1, 0.15) is 18.9 Å². The van der Waals surface area contributed by atoms with Gasteiger partial charge in [-0.1, -0.05) is 30.4 Å². The molecule has 0 unspecified atom stereocenters. The number of rotatable bonds is 6. The van der Waals surface area contributed by atoms with E-state index in [9.17, 15) is 9.59 Å². The van der Waals surface area contributed by atoms with Crippen LogP contribution < -0.4 is 15.4 Å². The number of benzene rings is 2. The van der Waals surface area contributed by atoms with Crippen LogP contribution in [0, 0.1) is 0 Å². The van der Waals surface area contributed by atoms with Crippen molar-refractivity contribution in [1.29, 1.82) is 0 Å². The average Bonchev–Trinajstić information content (AvgIpc) is 3.03. The summed E-state index contributed by atoms with van der Waals surface area (Å²) in [4.78, 5) is 28.1. The van der Waals surface area contributed by atoms with Crippen LogP contribution in [-0.2, 0) is 16.0 Å². The van der Waals surface area contributed by atoms with Gasteiger partial charge in [0.25, 0.3) is 0 Å². The van der Waals surface area contributed by atoms with Crippen LogP contribution in [0.5, 0.6) is 5.75 Å². The molecule has 2 aromatic carbocycles.